The van der Waals surface area contributed by atoms with E-state index in [4.69, 9.17) is 10.8 Å². The van der Waals surface area contributed by atoms with Crippen molar-refractivity contribution in [3.8, 4) is 0 Å². The number of carboxylic acids is 1. The Hall–Kier alpha value is -1.10. The Morgan fingerprint density at radius 1 is 1.35 bits per heavy atom. The number of amides is 1. The van der Waals surface area contributed by atoms with E-state index in [0.29, 0.717) is 6.42 Å². The number of carbonyl (C=O) groups excluding carboxylic acids is 1. The molecular weight excluding hydrogens is 220 g/mol. The average molecular weight is 242 g/mol. The van der Waals surface area contributed by atoms with Crippen LogP contribution >= 0.6 is 0 Å². The third-order valence-corrected chi connectivity index (χ3v) is 3.39. The minimum atomic E-state index is -0.898. The summed E-state index contributed by atoms with van der Waals surface area (Å²) < 4.78 is 0. The van der Waals surface area contributed by atoms with Gasteiger partial charge in [0, 0.05) is 18.5 Å². The molecule has 1 saturated carbocycles. The molecule has 0 aromatic heterocycles. The molecule has 0 spiro atoms. The standard InChI is InChI=1S/C12H22N2O3/c1-9(11(16)17)8-14-10(15)7-12(13)5-3-2-4-6-12/h9H,2-8,13H2,1H3,(H,14,15)(H,16,17). The molecule has 17 heavy (non-hydrogen) atoms. The van der Waals surface area contributed by atoms with E-state index in [1.54, 1.807) is 6.92 Å². The summed E-state index contributed by atoms with van der Waals surface area (Å²) in [5, 5.41) is 11.3. The summed E-state index contributed by atoms with van der Waals surface area (Å²) in [6.07, 6.45) is 5.42. The van der Waals surface area contributed by atoms with Crippen molar-refractivity contribution in [1.29, 1.82) is 0 Å². The summed E-state index contributed by atoms with van der Waals surface area (Å²) >= 11 is 0. The van der Waals surface area contributed by atoms with Crippen LogP contribution in [0.15, 0.2) is 0 Å². The summed E-state index contributed by atoms with van der Waals surface area (Å²) in [4.78, 5) is 22.2. The number of carboxylic acid groups (broad SMARTS) is 1. The van der Waals surface area contributed by atoms with Crippen molar-refractivity contribution in [2.75, 3.05) is 6.54 Å². The first-order valence-electron chi connectivity index (χ1n) is 6.21. The largest absolute Gasteiger partial charge is 0.481 e. The van der Waals surface area contributed by atoms with Gasteiger partial charge in [0.1, 0.15) is 0 Å². The minimum absolute atomic E-state index is 0.137. The molecule has 5 nitrogen and oxygen atoms in total. The van der Waals surface area contributed by atoms with Crippen LogP contribution in [0.5, 0.6) is 0 Å². The Morgan fingerprint density at radius 2 is 1.94 bits per heavy atom. The smallest absolute Gasteiger partial charge is 0.308 e. The van der Waals surface area contributed by atoms with E-state index in [0.717, 1.165) is 25.7 Å². The van der Waals surface area contributed by atoms with Crippen molar-refractivity contribution in [1.82, 2.24) is 5.32 Å². The summed E-state index contributed by atoms with van der Waals surface area (Å²) in [7, 11) is 0. The van der Waals surface area contributed by atoms with Crippen molar-refractivity contribution >= 4 is 11.9 Å². The van der Waals surface area contributed by atoms with Gasteiger partial charge in [0.2, 0.25) is 5.91 Å². The molecule has 1 unspecified atom stereocenters. The predicted molar refractivity (Wildman–Crippen MR) is 64.4 cm³/mol. The van der Waals surface area contributed by atoms with Gasteiger partial charge in [0.25, 0.3) is 0 Å². The fraction of sp³-hybridized carbons (Fsp3) is 0.833. The third kappa shape index (κ3) is 4.73. The summed E-state index contributed by atoms with van der Waals surface area (Å²) in [5.41, 5.74) is 5.77. The molecule has 1 aliphatic carbocycles. The summed E-state index contributed by atoms with van der Waals surface area (Å²) in [6, 6.07) is 0. The lowest BCUT2D eigenvalue weighted by molar-refractivity contribution is -0.141. The summed E-state index contributed by atoms with van der Waals surface area (Å²) in [6.45, 7) is 1.74. The van der Waals surface area contributed by atoms with Crippen LogP contribution in [0.4, 0.5) is 0 Å². The van der Waals surface area contributed by atoms with E-state index in [1.165, 1.54) is 6.42 Å². The fourth-order valence-electron chi connectivity index (χ4n) is 2.17. The molecular formula is C12H22N2O3. The molecule has 5 heteroatoms. The lowest BCUT2D eigenvalue weighted by atomic mass is 9.80. The topological polar surface area (TPSA) is 92.4 Å². The predicted octanol–water partition coefficient (Wildman–Crippen LogP) is 0.875. The van der Waals surface area contributed by atoms with Crippen molar-refractivity contribution in [2.45, 2.75) is 51.0 Å². The molecule has 0 saturated heterocycles. The second-order valence-electron chi connectivity index (χ2n) is 5.14. The Bertz CT molecular complexity index is 285. The molecule has 0 aromatic carbocycles. The fourth-order valence-corrected chi connectivity index (χ4v) is 2.17. The lowest BCUT2D eigenvalue weighted by Crippen LogP contribution is -2.46. The van der Waals surface area contributed by atoms with Crippen LogP contribution in [-0.2, 0) is 9.59 Å². The van der Waals surface area contributed by atoms with Gasteiger partial charge in [-0.05, 0) is 12.8 Å². The maximum Gasteiger partial charge on any atom is 0.308 e. The summed E-state index contributed by atoms with van der Waals surface area (Å²) in [5.74, 6) is -1.59. The quantitative estimate of drug-likeness (QED) is 0.667. The van der Waals surface area contributed by atoms with Crippen LogP contribution in [0, 0.1) is 5.92 Å². The second kappa shape index (κ2) is 6.00. The Kier molecular flexibility index (Phi) is 4.93. The SMILES string of the molecule is CC(CNC(=O)CC1(N)CCCCC1)C(=O)O. The van der Waals surface area contributed by atoms with Crippen molar-refractivity contribution in [2.24, 2.45) is 11.7 Å². The highest BCUT2D eigenvalue weighted by Crippen LogP contribution is 2.28. The molecule has 0 aromatic rings. The first kappa shape index (κ1) is 14.0. The monoisotopic (exact) mass is 242 g/mol. The minimum Gasteiger partial charge on any atom is -0.481 e. The number of hydrogen-bond donors (Lipinski definition) is 3. The number of nitrogens with two attached hydrogens (primary N) is 1. The van der Waals surface area contributed by atoms with Crippen LogP contribution < -0.4 is 11.1 Å². The van der Waals surface area contributed by atoms with Gasteiger partial charge in [0.05, 0.1) is 5.92 Å². The molecule has 0 aliphatic heterocycles. The molecule has 0 bridgehead atoms. The van der Waals surface area contributed by atoms with E-state index in [2.05, 4.69) is 5.32 Å². The van der Waals surface area contributed by atoms with E-state index in [1.807, 2.05) is 0 Å². The maximum atomic E-state index is 11.7. The molecule has 1 aliphatic rings. The van der Waals surface area contributed by atoms with Gasteiger partial charge in [0.15, 0.2) is 0 Å². The van der Waals surface area contributed by atoms with Gasteiger partial charge in [-0.1, -0.05) is 26.2 Å². The van der Waals surface area contributed by atoms with Crippen LogP contribution in [0.25, 0.3) is 0 Å². The van der Waals surface area contributed by atoms with Crippen molar-refractivity contribution < 1.29 is 14.7 Å². The normalized spacial score (nSPS) is 20.6. The molecule has 0 radical (unpaired) electrons. The zero-order valence-electron chi connectivity index (χ0n) is 10.4. The number of nitrogens with one attached hydrogen (secondary N) is 1. The molecule has 1 rings (SSSR count). The molecule has 1 atom stereocenters. The third-order valence-electron chi connectivity index (χ3n) is 3.39. The Balaban J connectivity index is 2.31. The van der Waals surface area contributed by atoms with Gasteiger partial charge in [-0.2, -0.15) is 0 Å². The molecule has 98 valence electrons. The number of rotatable bonds is 5. The molecule has 4 N–H and O–H groups in total. The maximum absolute atomic E-state index is 11.7. The lowest BCUT2D eigenvalue weighted by Gasteiger charge is -2.32. The number of aliphatic carboxylic acids is 1. The first-order valence-corrected chi connectivity index (χ1v) is 6.21. The van der Waals surface area contributed by atoms with Crippen LogP contribution in [0.2, 0.25) is 0 Å². The van der Waals surface area contributed by atoms with E-state index in [9.17, 15) is 9.59 Å². The highest BCUT2D eigenvalue weighted by atomic mass is 16.4. The van der Waals surface area contributed by atoms with Gasteiger partial charge >= 0.3 is 5.97 Å². The van der Waals surface area contributed by atoms with Crippen LogP contribution in [0.1, 0.15) is 45.4 Å². The molecule has 0 heterocycles. The van der Waals surface area contributed by atoms with E-state index in [-0.39, 0.29) is 18.0 Å². The highest BCUT2D eigenvalue weighted by Gasteiger charge is 2.30. The zero-order chi connectivity index (χ0) is 12.9. The van der Waals surface area contributed by atoms with Crippen molar-refractivity contribution in [3.63, 3.8) is 0 Å². The molecule has 1 amide bonds. The van der Waals surface area contributed by atoms with Crippen molar-refractivity contribution in [3.05, 3.63) is 0 Å². The van der Waals surface area contributed by atoms with Crippen LogP contribution in [0.3, 0.4) is 0 Å². The van der Waals surface area contributed by atoms with E-state index < -0.39 is 11.9 Å². The Labute approximate surface area is 102 Å². The van der Waals surface area contributed by atoms with E-state index >= 15 is 0 Å². The number of hydrogen-bond acceptors (Lipinski definition) is 3. The number of carbonyl (C=O) groups is 2. The van der Waals surface area contributed by atoms with Crippen LogP contribution in [-0.4, -0.2) is 29.1 Å². The zero-order valence-corrected chi connectivity index (χ0v) is 10.4. The Morgan fingerprint density at radius 3 is 2.47 bits per heavy atom. The van der Waals surface area contributed by atoms with Gasteiger partial charge in [-0.3, -0.25) is 9.59 Å². The van der Waals surface area contributed by atoms with Gasteiger partial charge < -0.3 is 16.2 Å². The van der Waals surface area contributed by atoms with Gasteiger partial charge in [-0.25, -0.2) is 0 Å². The van der Waals surface area contributed by atoms with Gasteiger partial charge in [-0.15, -0.1) is 0 Å². The average Bonchev–Trinajstić information content (AvgIpc) is 2.26. The first-order chi connectivity index (χ1) is 7.93. The molecule has 1 fully saturated rings. The highest BCUT2D eigenvalue weighted by molar-refractivity contribution is 5.78. The second-order valence-corrected chi connectivity index (χ2v) is 5.14.